The van der Waals surface area contributed by atoms with Crippen LogP contribution in [0.15, 0.2) is 41.2 Å². The highest BCUT2D eigenvalue weighted by molar-refractivity contribution is 7.99. The number of rotatable bonds is 5. The number of furan rings is 1. The highest BCUT2D eigenvalue weighted by Gasteiger charge is 2.24. The van der Waals surface area contributed by atoms with Crippen molar-refractivity contribution in [2.45, 2.75) is 6.04 Å². The third-order valence-electron chi connectivity index (χ3n) is 4.05. The van der Waals surface area contributed by atoms with Crippen molar-refractivity contribution < 1.29 is 13.6 Å². The molecule has 3 rings (SSSR count). The lowest BCUT2D eigenvalue weighted by Gasteiger charge is -2.34. The van der Waals surface area contributed by atoms with Crippen LogP contribution < -0.4 is 5.32 Å². The van der Waals surface area contributed by atoms with Gasteiger partial charge in [-0.2, -0.15) is 11.8 Å². The van der Waals surface area contributed by atoms with Crippen LogP contribution in [0.4, 0.5) is 4.39 Å². The van der Waals surface area contributed by atoms with Gasteiger partial charge in [0, 0.05) is 36.7 Å². The Bertz CT molecular complexity index is 690. The van der Waals surface area contributed by atoms with Gasteiger partial charge in [-0.3, -0.25) is 9.69 Å². The largest absolute Gasteiger partial charge is 0.472 e. The lowest BCUT2D eigenvalue weighted by atomic mass is 10.1. The van der Waals surface area contributed by atoms with Gasteiger partial charge in [0.2, 0.25) is 0 Å². The molecule has 7 heteroatoms. The quantitative estimate of drug-likeness (QED) is 0.876. The lowest BCUT2D eigenvalue weighted by Crippen LogP contribution is -2.42. The summed E-state index contributed by atoms with van der Waals surface area (Å²) < 4.78 is 18.3. The van der Waals surface area contributed by atoms with Gasteiger partial charge >= 0.3 is 0 Å². The number of halogens is 2. The van der Waals surface area contributed by atoms with E-state index < -0.39 is 5.82 Å². The van der Waals surface area contributed by atoms with Crippen molar-refractivity contribution in [3.63, 3.8) is 0 Å². The van der Waals surface area contributed by atoms with E-state index in [2.05, 4.69) is 10.2 Å². The molecule has 1 amide bonds. The monoisotopic (exact) mass is 368 g/mol. The number of hydrogen-bond donors (Lipinski definition) is 1. The number of benzene rings is 1. The van der Waals surface area contributed by atoms with Gasteiger partial charge in [-0.1, -0.05) is 11.6 Å². The summed E-state index contributed by atoms with van der Waals surface area (Å²) in [6.45, 7) is 2.37. The third-order valence-corrected chi connectivity index (χ3v) is 5.30. The minimum atomic E-state index is -0.460. The molecule has 0 saturated carbocycles. The summed E-state index contributed by atoms with van der Waals surface area (Å²) in [5.74, 6) is 1.39. The second-order valence-corrected chi connectivity index (χ2v) is 7.19. The van der Waals surface area contributed by atoms with E-state index in [0.717, 1.165) is 36.2 Å². The first-order chi connectivity index (χ1) is 11.6. The number of amides is 1. The molecule has 1 aromatic carbocycles. The van der Waals surface area contributed by atoms with Crippen LogP contribution in [-0.2, 0) is 0 Å². The van der Waals surface area contributed by atoms with Gasteiger partial charge in [0.05, 0.1) is 29.2 Å². The SMILES string of the molecule is O=C(NC[C@@H](c1ccoc1)N1CCSCC1)c1ccc(F)cc1Cl. The molecule has 0 bridgehead atoms. The van der Waals surface area contributed by atoms with E-state index in [1.807, 2.05) is 17.8 Å². The maximum absolute atomic E-state index is 13.1. The topological polar surface area (TPSA) is 45.5 Å². The minimum Gasteiger partial charge on any atom is -0.472 e. The maximum Gasteiger partial charge on any atom is 0.252 e. The maximum atomic E-state index is 13.1. The van der Waals surface area contributed by atoms with E-state index >= 15 is 0 Å². The fourth-order valence-corrected chi connectivity index (χ4v) is 3.95. The zero-order valence-electron chi connectivity index (χ0n) is 13.0. The lowest BCUT2D eigenvalue weighted by molar-refractivity contribution is 0.0935. The fourth-order valence-electron chi connectivity index (χ4n) is 2.77. The molecule has 2 aromatic rings. The Morgan fingerprint density at radius 3 is 2.83 bits per heavy atom. The van der Waals surface area contributed by atoms with Crippen molar-refractivity contribution in [1.82, 2.24) is 10.2 Å². The normalized spacial score (nSPS) is 16.8. The zero-order valence-corrected chi connectivity index (χ0v) is 14.6. The summed E-state index contributed by atoms with van der Waals surface area (Å²) in [5, 5.41) is 3.02. The van der Waals surface area contributed by atoms with Crippen molar-refractivity contribution in [3.8, 4) is 0 Å². The molecule has 1 atom stereocenters. The number of carbonyl (C=O) groups is 1. The van der Waals surface area contributed by atoms with E-state index in [0.29, 0.717) is 6.54 Å². The number of hydrogen-bond acceptors (Lipinski definition) is 4. The number of nitrogens with one attached hydrogen (secondary N) is 1. The van der Waals surface area contributed by atoms with E-state index in [1.54, 1.807) is 12.5 Å². The van der Waals surface area contributed by atoms with Gasteiger partial charge in [-0.05, 0) is 24.3 Å². The Kier molecular flexibility index (Phi) is 5.81. The van der Waals surface area contributed by atoms with Gasteiger partial charge < -0.3 is 9.73 Å². The van der Waals surface area contributed by atoms with Crippen LogP contribution in [0.5, 0.6) is 0 Å². The van der Waals surface area contributed by atoms with Gasteiger partial charge in [-0.15, -0.1) is 0 Å². The molecule has 1 aliphatic heterocycles. The van der Waals surface area contributed by atoms with E-state index in [4.69, 9.17) is 16.0 Å². The second-order valence-electron chi connectivity index (χ2n) is 5.56. The molecule has 0 aliphatic carbocycles. The summed E-state index contributed by atoms with van der Waals surface area (Å²) in [7, 11) is 0. The molecule has 0 unspecified atom stereocenters. The number of nitrogens with zero attached hydrogens (tertiary/aromatic N) is 1. The van der Waals surface area contributed by atoms with E-state index in [9.17, 15) is 9.18 Å². The van der Waals surface area contributed by atoms with Crippen LogP contribution in [-0.4, -0.2) is 41.9 Å². The molecule has 0 spiro atoms. The van der Waals surface area contributed by atoms with Crippen LogP contribution in [0.2, 0.25) is 5.02 Å². The van der Waals surface area contributed by atoms with Crippen molar-refractivity contribution >= 4 is 29.3 Å². The fraction of sp³-hybridized carbons (Fsp3) is 0.353. The standard InChI is InChI=1S/C17H18ClFN2O2S/c18-15-9-13(19)1-2-14(15)17(22)20-10-16(12-3-6-23-11-12)21-4-7-24-8-5-21/h1-3,6,9,11,16H,4-5,7-8,10H2,(H,20,22)/t16-/m0/s1. The smallest absolute Gasteiger partial charge is 0.252 e. The summed E-state index contributed by atoms with van der Waals surface area (Å²) in [6, 6.07) is 5.75. The molecule has 4 nitrogen and oxygen atoms in total. The van der Waals surface area contributed by atoms with Crippen molar-refractivity contribution in [1.29, 1.82) is 0 Å². The second kappa shape index (κ2) is 8.05. The molecule has 1 aromatic heterocycles. The van der Waals surface area contributed by atoms with Crippen LogP contribution >= 0.6 is 23.4 Å². The summed E-state index contributed by atoms with van der Waals surface area (Å²) in [4.78, 5) is 14.7. The molecule has 1 saturated heterocycles. The highest BCUT2D eigenvalue weighted by Crippen LogP contribution is 2.24. The van der Waals surface area contributed by atoms with Gasteiger partial charge in [0.1, 0.15) is 5.82 Å². The minimum absolute atomic E-state index is 0.0489. The number of carbonyl (C=O) groups excluding carboxylic acids is 1. The van der Waals surface area contributed by atoms with E-state index in [1.165, 1.54) is 12.1 Å². The zero-order chi connectivity index (χ0) is 16.9. The first-order valence-corrected chi connectivity index (χ1v) is 9.25. The van der Waals surface area contributed by atoms with E-state index in [-0.39, 0.29) is 22.5 Å². The highest BCUT2D eigenvalue weighted by atomic mass is 35.5. The van der Waals surface area contributed by atoms with Crippen molar-refractivity contribution in [2.75, 3.05) is 31.1 Å². The predicted octanol–water partition coefficient (Wildman–Crippen LogP) is 3.59. The Hall–Kier alpha value is -1.50. The summed E-state index contributed by atoms with van der Waals surface area (Å²) in [5.41, 5.74) is 1.31. The molecule has 2 heterocycles. The van der Waals surface area contributed by atoms with Crippen LogP contribution in [0.3, 0.4) is 0 Å². The molecule has 24 heavy (non-hydrogen) atoms. The molecule has 1 fully saturated rings. The summed E-state index contributed by atoms with van der Waals surface area (Å²) in [6.07, 6.45) is 3.35. The third kappa shape index (κ3) is 4.12. The Labute approximate surface area is 149 Å². The molecule has 1 N–H and O–H groups in total. The molecular formula is C17H18ClFN2O2S. The summed E-state index contributed by atoms with van der Waals surface area (Å²) >= 11 is 7.89. The average Bonchev–Trinajstić information content (AvgIpc) is 3.10. The van der Waals surface area contributed by atoms with Crippen molar-refractivity contribution in [2.24, 2.45) is 0 Å². The molecule has 0 radical (unpaired) electrons. The van der Waals surface area contributed by atoms with Gasteiger partial charge in [0.25, 0.3) is 5.91 Å². The Balaban J connectivity index is 1.70. The first-order valence-electron chi connectivity index (χ1n) is 7.72. The average molecular weight is 369 g/mol. The van der Waals surface area contributed by atoms with Gasteiger partial charge in [0.15, 0.2) is 0 Å². The predicted molar refractivity (Wildman–Crippen MR) is 94.1 cm³/mol. The van der Waals surface area contributed by atoms with Crippen LogP contribution in [0.25, 0.3) is 0 Å². The molecular weight excluding hydrogens is 351 g/mol. The first kappa shape index (κ1) is 17.3. The molecule has 1 aliphatic rings. The van der Waals surface area contributed by atoms with Crippen LogP contribution in [0.1, 0.15) is 22.0 Å². The van der Waals surface area contributed by atoms with Crippen molar-refractivity contribution in [3.05, 3.63) is 58.8 Å². The van der Waals surface area contributed by atoms with Crippen LogP contribution in [0, 0.1) is 5.82 Å². The molecule has 128 valence electrons. The number of thioether (sulfide) groups is 1. The van der Waals surface area contributed by atoms with Gasteiger partial charge in [-0.25, -0.2) is 4.39 Å². The Morgan fingerprint density at radius 1 is 1.38 bits per heavy atom. The Morgan fingerprint density at radius 2 is 2.17 bits per heavy atom.